The van der Waals surface area contributed by atoms with Gasteiger partial charge >= 0.3 is 12.2 Å². The summed E-state index contributed by atoms with van der Waals surface area (Å²) < 4.78 is 43.6. The highest BCUT2D eigenvalue weighted by atomic mass is 19.4. The fourth-order valence-electron chi connectivity index (χ4n) is 3.52. The van der Waals surface area contributed by atoms with Gasteiger partial charge in [-0.05, 0) is 55.7 Å². The Morgan fingerprint density at radius 3 is 2.55 bits per heavy atom. The Labute approximate surface area is 188 Å². The SMILES string of the molecule is O=C(NCC[C@@H]1CC[C@H](NC(=O)c2cccnc2)[C@@H](CO)O1)Nc1ccc(C(F)(F)F)cc1. The second kappa shape index (κ2) is 11.1. The highest BCUT2D eigenvalue weighted by molar-refractivity contribution is 5.94. The van der Waals surface area contributed by atoms with Crippen LogP contribution in [0.3, 0.4) is 0 Å². The van der Waals surface area contributed by atoms with Gasteiger partial charge in [0, 0.05) is 24.6 Å². The molecule has 0 spiro atoms. The number of urea groups is 1. The Hall–Kier alpha value is -3.18. The van der Waals surface area contributed by atoms with Gasteiger partial charge in [-0.1, -0.05) is 0 Å². The molecule has 1 aromatic heterocycles. The molecular formula is C22H25F3N4O4. The zero-order valence-electron chi connectivity index (χ0n) is 17.6. The molecule has 1 aliphatic heterocycles. The monoisotopic (exact) mass is 466 g/mol. The van der Waals surface area contributed by atoms with Crippen LogP contribution in [-0.2, 0) is 10.9 Å². The summed E-state index contributed by atoms with van der Waals surface area (Å²) in [5, 5.41) is 17.6. The van der Waals surface area contributed by atoms with E-state index in [-0.39, 0.29) is 36.9 Å². The standard InChI is InChI=1S/C22H25F3N4O4/c23-22(24,25)15-3-5-16(6-4-15)28-21(32)27-11-9-17-7-8-18(19(13-30)33-17)29-20(31)14-2-1-10-26-12-14/h1-6,10,12,17-19,30H,7-9,11,13H2,(H,29,31)(H2,27,28,32)/t17-,18-,19+/m0/s1. The number of halogens is 3. The van der Waals surface area contributed by atoms with Crippen LogP contribution in [0.5, 0.6) is 0 Å². The lowest BCUT2D eigenvalue weighted by Gasteiger charge is -2.36. The predicted molar refractivity (Wildman–Crippen MR) is 114 cm³/mol. The smallest absolute Gasteiger partial charge is 0.394 e. The molecular weight excluding hydrogens is 441 g/mol. The van der Waals surface area contributed by atoms with Crippen LogP contribution >= 0.6 is 0 Å². The van der Waals surface area contributed by atoms with E-state index in [4.69, 9.17) is 4.74 Å². The Bertz CT molecular complexity index is 925. The summed E-state index contributed by atoms with van der Waals surface area (Å²) in [5.74, 6) is -0.296. The number of rotatable bonds is 7. The lowest BCUT2D eigenvalue weighted by molar-refractivity contribution is -0.137. The fourth-order valence-corrected chi connectivity index (χ4v) is 3.52. The molecule has 11 heteroatoms. The number of hydrogen-bond donors (Lipinski definition) is 4. The zero-order chi connectivity index (χ0) is 23.8. The van der Waals surface area contributed by atoms with E-state index in [1.807, 2.05) is 0 Å². The van der Waals surface area contributed by atoms with Crippen molar-refractivity contribution in [3.05, 3.63) is 59.9 Å². The summed E-state index contributed by atoms with van der Waals surface area (Å²) in [6.07, 6.45) is -0.522. The number of aromatic nitrogens is 1. The van der Waals surface area contributed by atoms with E-state index in [0.29, 0.717) is 24.8 Å². The Balaban J connectivity index is 1.40. The van der Waals surface area contributed by atoms with E-state index < -0.39 is 23.9 Å². The molecule has 8 nitrogen and oxygen atoms in total. The molecule has 178 valence electrons. The van der Waals surface area contributed by atoms with Crippen LogP contribution in [-0.4, -0.2) is 53.4 Å². The van der Waals surface area contributed by atoms with Crippen molar-refractivity contribution in [1.29, 1.82) is 0 Å². The van der Waals surface area contributed by atoms with Gasteiger partial charge in [-0.15, -0.1) is 0 Å². The fraction of sp³-hybridized carbons (Fsp3) is 0.409. The quantitative estimate of drug-likeness (QED) is 0.501. The van der Waals surface area contributed by atoms with Crippen molar-refractivity contribution >= 4 is 17.6 Å². The number of carbonyl (C=O) groups is 2. The number of aliphatic hydroxyl groups excluding tert-OH is 1. The average Bonchev–Trinajstić information content (AvgIpc) is 2.80. The Morgan fingerprint density at radius 2 is 1.91 bits per heavy atom. The number of benzene rings is 1. The molecule has 1 fully saturated rings. The third kappa shape index (κ3) is 7.16. The highest BCUT2D eigenvalue weighted by Crippen LogP contribution is 2.29. The van der Waals surface area contributed by atoms with Gasteiger partial charge in [0.1, 0.15) is 6.10 Å². The van der Waals surface area contributed by atoms with Crippen molar-refractivity contribution in [2.45, 2.75) is 43.7 Å². The van der Waals surface area contributed by atoms with Gasteiger partial charge in [0.15, 0.2) is 0 Å². The second-order valence-electron chi connectivity index (χ2n) is 7.62. The summed E-state index contributed by atoms with van der Waals surface area (Å²) in [5.41, 5.74) is -0.141. The number of nitrogens with one attached hydrogen (secondary N) is 3. The Morgan fingerprint density at radius 1 is 1.15 bits per heavy atom. The topological polar surface area (TPSA) is 113 Å². The zero-order valence-corrected chi connectivity index (χ0v) is 17.6. The second-order valence-corrected chi connectivity index (χ2v) is 7.62. The van der Waals surface area contributed by atoms with E-state index in [1.165, 1.54) is 18.3 Å². The van der Waals surface area contributed by atoms with Gasteiger partial charge in [-0.3, -0.25) is 9.78 Å². The maximum absolute atomic E-state index is 12.6. The first-order valence-corrected chi connectivity index (χ1v) is 10.5. The third-order valence-electron chi connectivity index (χ3n) is 5.26. The van der Waals surface area contributed by atoms with Crippen LogP contribution in [0.25, 0.3) is 0 Å². The van der Waals surface area contributed by atoms with Crippen LogP contribution in [0.15, 0.2) is 48.8 Å². The number of hydrogen-bond acceptors (Lipinski definition) is 5. The molecule has 4 N–H and O–H groups in total. The summed E-state index contributed by atoms with van der Waals surface area (Å²) in [7, 11) is 0. The molecule has 3 rings (SSSR count). The number of carbonyl (C=O) groups excluding carboxylic acids is 2. The average molecular weight is 466 g/mol. The minimum atomic E-state index is -4.44. The summed E-state index contributed by atoms with van der Waals surface area (Å²) in [4.78, 5) is 28.2. The molecule has 3 atom stereocenters. The van der Waals surface area contributed by atoms with Crippen molar-refractivity contribution < 1.29 is 32.6 Å². The Kier molecular flexibility index (Phi) is 8.23. The number of pyridine rings is 1. The normalized spacial score (nSPS) is 20.7. The number of anilines is 1. The largest absolute Gasteiger partial charge is 0.416 e. The van der Waals surface area contributed by atoms with Gasteiger partial charge in [0.05, 0.1) is 29.9 Å². The number of nitrogens with zero attached hydrogens (tertiary/aromatic N) is 1. The van der Waals surface area contributed by atoms with Crippen molar-refractivity contribution in [2.75, 3.05) is 18.5 Å². The molecule has 0 aliphatic carbocycles. The van der Waals surface area contributed by atoms with Crippen molar-refractivity contribution in [2.24, 2.45) is 0 Å². The van der Waals surface area contributed by atoms with Crippen LogP contribution in [0.2, 0.25) is 0 Å². The first-order valence-electron chi connectivity index (χ1n) is 10.5. The molecule has 3 amide bonds. The maximum atomic E-state index is 12.6. The molecule has 1 saturated heterocycles. The van der Waals surface area contributed by atoms with E-state index in [1.54, 1.807) is 18.3 Å². The minimum absolute atomic E-state index is 0.222. The lowest BCUT2D eigenvalue weighted by Crippen LogP contribution is -2.51. The lowest BCUT2D eigenvalue weighted by atomic mass is 9.97. The third-order valence-corrected chi connectivity index (χ3v) is 5.26. The predicted octanol–water partition coefficient (Wildman–Crippen LogP) is 2.95. The molecule has 1 aliphatic rings. The molecule has 0 radical (unpaired) electrons. The summed E-state index contributed by atoms with van der Waals surface area (Å²) in [6.45, 7) is -0.00167. The van der Waals surface area contributed by atoms with E-state index in [9.17, 15) is 27.9 Å². The van der Waals surface area contributed by atoms with E-state index in [2.05, 4.69) is 20.9 Å². The van der Waals surface area contributed by atoms with Crippen molar-refractivity contribution in [1.82, 2.24) is 15.6 Å². The van der Waals surface area contributed by atoms with Crippen molar-refractivity contribution in [3.63, 3.8) is 0 Å². The van der Waals surface area contributed by atoms with Crippen LogP contribution in [0.1, 0.15) is 35.2 Å². The van der Waals surface area contributed by atoms with Crippen LogP contribution in [0, 0.1) is 0 Å². The first kappa shape index (κ1) is 24.5. The molecule has 33 heavy (non-hydrogen) atoms. The first-order chi connectivity index (χ1) is 15.8. The van der Waals surface area contributed by atoms with Gasteiger partial charge in [-0.2, -0.15) is 13.2 Å². The van der Waals surface area contributed by atoms with E-state index in [0.717, 1.165) is 12.1 Å². The van der Waals surface area contributed by atoms with E-state index >= 15 is 0 Å². The van der Waals surface area contributed by atoms with Gasteiger partial charge in [0.2, 0.25) is 0 Å². The molecule has 2 heterocycles. The van der Waals surface area contributed by atoms with Gasteiger partial charge < -0.3 is 25.8 Å². The number of ether oxygens (including phenoxy) is 1. The minimum Gasteiger partial charge on any atom is -0.394 e. The molecule has 0 bridgehead atoms. The number of alkyl halides is 3. The molecule has 2 aromatic rings. The van der Waals surface area contributed by atoms with Crippen molar-refractivity contribution in [3.8, 4) is 0 Å². The maximum Gasteiger partial charge on any atom is 0.416 e. The number of amides is 3. The summed E-state index contributed by atoms with van der Waals surface area (Å²) >= 11 is 0. The van der Waals surface area contributed by atoms with Crippen LogP contribution in [0.4, 0.5) is 23.7 Å². The summed E-state index contributed by atoms with van der Waals surface area (Å²) in [6, 6.07) is 6.54. The van der Waals surface area contributed by atoms with Gasteiger partial charge in [-0.25, -0.2) is 4.79 Å². The van der Waals surface area contributed by atoms with Gasteiger partial charge in [0.25, 0.3) is 5.91 Å². The molecule has 0 unspecified atom stereocenters. The highest BCUT2D eigenvalue weighted by Gasteiger charge is 2.32. The number of aliphatic hydroxyl groups is 1. The van der Waals surface area contributed by atoms with Crippen LogP contribution < -0.4 is 16.0 Å². The molecule has 0 saturated carbocycles. The molecule has 1 aromatic carbocycles.